The topological polar surface area (TPSA) is 43.1 Å². The minimum atomic E-state index is -0.323. The van der Waals surface area contributed by atoms with Crippen molar-refractivity contribution in [1.29, 1.82) is 0 Å². The maximum absolute atomic E-state index is 10.5. The van der Waals surface area contributed by atoms with Gasteiger partial charge >= 0.3 is 0 Å². The zero-order valence-electron chi connectivity index (χ0n) is 6.89. The monoisotopic (exact) mass is 217 g/mol. The highest BCUT2D eigenvalue weighted by atomic mass is 35.5. The second-order valence-corrected chi connectivity index (χ2v) is 3.62. The first kappa shape index (κ1) is 10.4. The molecule has 0 aliphatic carbocycles. The fraction of sp³-hybridized carbons (Fsp3) is 0.222. The van der Waals surface area contributed by atoms with E-state index in [-0.39, 0.29) is 5.91 Å². The summed E-state index contributed by atoms with van der Waals surface area (Å²) in [7, 11) is 0. The second-order valence-electron chi connectivity index (χ2n) is 2.74. The van der Waals surface area contributed by atoms with Crippen molar-refractivity contribution in [3.05, 3.63) is 33.8 Å². The highest BCUT2D eigenvalue weighted by Gasteiger charge is 2.00. The Bertz CT molecular complexity index is 305. The van der Waals surface area contributed by atoms with Crippen LogP contribution in [0.25, 0.3) is 0 Å². The molecule has 0 saturated carbocycles. The van der Waals surface area contributed by atoms with Crippen LogP contribution in [0.3, 0.4) is 0 Å². The van der Waals surface area contributed by atoms with E-state index in [0.29, 0.717) is 22.9 Å². The van der Waals surface area contributed by atoms with Gasteiger partial charge in [0, 0.05) is 16.5 Å². The predicted octanol–water partition coefficient (Wildman–Crippen LogP) is 2.41. The Kier molecular flexibility index (Phi) is 3.58. The number of aryl methyl sites for hydroxylation is 1. The first-order valence-corrected chi connectivity index (χ1v) is 4.57. The van der Waals surface area contributed by atoms with Gasteiger partial charge in [0.05, 0.1) is 0 Å². The van der Waals surface area contributed by atoms with E-state index in [1.807, 2.05) is 0 Å². The highest BCUT2D eigenvalue weighted by Crippen LogP contribution is 2.19. The molecule has 0 saturated heterocycles. The van der Waals surface area contributed by atoms with Crippen molar-refractivity contribution < 1.29 is 4.79 Å². The van der Waals surface area contributed by atoms with Gasteiger partial charge in [0.1, 0.15) is 0 Å². The normalized spacial score (nSPS) is 10.0. The van der Waals surface area contributed by atoms with Crippen molar-refractivity contribution in [2.75, 3.05) is 0 Å². The van der Waals surface area contributed by atoms with E-state index in [2.05, 4.69) is 0 Å². The number of primary amides is 1. The summed E-state index contributed by atoms with van der Waals surface area (Å²) in [5.74, 6) is -0.323. The Morgan fingerprint density at radius 3 is 2.23 bits per heavy atom. The molecule has 0 radical (unpaired) electrons. The Hall–Kier alpha value is -0.730. The third-order valence-corrected chi connectivity index (χ3v) is 2.02. The van der Waals surface area contributed by atoms with E-state index in [4.69, 9.17) is 28.9 Å². The molecule has 0 aromatic heterocycles. The lowest BCUT2D eigenvalue weighted by Gasteiger charge is -2.00. The maximum Gasteiger partial charge on any atom is 0.217 e. The molecular formula is C9H9Cl2NO. The molecule has 1 amide bonds. The van der Waals surface area contributed by atoms with Crippen molar-refractivity contribution in [3.8, 4) is 0 Å². The van der Waals surface area contributed by atoms with Crippen LogP contribution in [-0.2, 0) is 11.2 Å². The number of hydrogen-bond acceptors (Lipinski definition) is 1. The van der Waals surface area contributed by atoms with Gasteiger partial charge in [-0.05, 0) is 30.2 Å². The lowest BCUT2D eigenvalue weighted by molar-refractivity contribution is -0.117. The van der Waals surface area contributed by atoms with Gasteiger partial charge in [0.15, 0.2) is 0 Å². The molecule has 0 heterocycles. The number of carbonyl (C=O) groups excluding carboxylic acids is 1. The van der Waals surface area contributed by atoms with Gasteiger partial charge in [-0.1, -0.05) is 23.2 Å². The molecule has 0 fully saturated rings. The van der Waals surface area contributed by atoms with Crippen LogP contribution in [0.2, 0.25) is 10.0 Å². The number of rotatable bonds is 3. The van der Waals surface area contributed by atoms with Crippen LogP contribution < -0.4 is 5.73 Å². The molecule has 0 spiro atoms. The summed E-state index contributed by atoms with van der Waals surface area (Å²) >= 11 is 11.5. The van der Waals surface area contributed by atoms with Crippen molar-refractivity contribution >= 4 is 29.1 Å². The average molecular weight is 218 g/mol. The molecule has 4 heteroatoms. The lowest BCUT2D eigenvalue weighted by Crippen LogP contribution is -2.11. The summed E-state index contributed by atoms with van der Waals surface area (Å²) < 4.78 is 0. The maximum atomic E-state index is 10.5. The van der Waals surface area contributed by atoms with Crippen molar-refractivity contribution in [2.24, 2.45) is 5.73 Å². The molecule has 0 unspecified atom stereocenters. The smallest absolute Gasteiger partial charge is 0.217 e. The van der Waals surface area contributed by atoms with Crippen molar-refractivity contribution in [3.63, 3.8) is 0 Å². The zero-order valence-corrected chi connectivity index (χ0v) is 8.40. The standard InChI is InChI=1S/C9H9Cl2NO/c10-7-3-6(1-2-9(12)13)4-8(11)5-7/h3-5H,1-2H2,(H2,12,13). The first-order valence-electron chi connectivity index (χ1n) is 3.81. The summed E-state index contributed by atoms with van der Waals surface area (Å²) in [4.78, 5) is 10.5. The minimum absolute atomic E-state index is 0.316. The van der Waals surface area contributed by atoms with E-state index < -0.39 is 0 Å². The summed E-state index contributed by atoms with van der Waals surface area (Å²) in [6, 6.07) is 5.20. The summed E-state index contributed by atoms with van der Waals surface area (Å²) in [5.41, 5.74) is 5.94. The van der Waals surface area contributed by atoms with Crippen molar-refractivity contribution in [1.82, 2.24) is 0 Å². The van der Waals surface area contributed by atoms with E-state index in [1.54, 1.807) is 18.2 Å². The Morgan fingerprint density at radius 2 is 1.77 bits per heavy atom. The number of hydrogen-bond donors (Lipinski definition) is 1. The summed E-state index contributed by atoms with van der Waals surface area (Å²) in [6.07, 6.45) is 0.895. The molecular weight excluding hydrogens is 209 g/mol. The van der Waals surface area contributed by atoms with Gasteiger partial charge in [0.25, 0.3) is 0 Å². The van der Waals surface area contributed by atoms with Crippen LogP contribution in [0.5, 0.6) is 0 Å². The van der Waals surface area contributed by atoms with E-state index in [1.165, 1.54) is 0 Å². The molecule has 2 nitrogen and oxygen atoms in total. The van der Waals surface area contributed by atoms with Crippen LogP contribution in [0.1, 0.15) is 12.0 Å². The predicted molar refractivity (Wildman–Crippen MR) is 54.0 cm³/mol. The third kappa shape index (κ3) is 3.66. The molecule has 1 aromatic rings. The summed E-state index contributed by atoms with van der Waals surface area (Å²) in [5, 5.41) is 1.15. The molecule has 0 aliphatic heterocycles. The molecule has 2 N–H and O–H groups in total. The van der Waals surface area contributed by atoms with Gasteiger partial charge in [-0.15, -0.1) is 0 Å². The number of carbonyl (C=O) groups is 1. The highest BCUT2D eigenvalue weighted by molar-refractivity contribution is 6.34. The number of benzene rings is 1. The molecule has 13 heavy (non-hydrogen) atoms. The van der Waals surface area contributed by atoms with Gasteiger partial charge in [-0.25, -0.2) is 0 Å². The number of nitrogens with two attached hydrogens (primary N) is 1. The second kappa shape index (κ2) is 4.49. The fourth-order valence-corrected chi connectivity index (χ4v) is 1.59. The van der Waals surface area contributed by atoms with Crippen LogP contribution in [-0.4, -0.2) is 5.91 Å². The largest absolute Gasteiger partial charge is 0.370 e. The van der Waals surface area contributed by atoms with Crippen molar-refractivity contribution in [2.45, 2.75) is 12.8 Å². The Morgan fingerprint density at radius 1 is 1.23 bits per heavy atom. The molecule has 0 atom stereocenters. The van der Waals surface area contributed by atoms with Gasteiger partial charge in [-0.2, -0.15) is 0 Å². The van der Waals surface area contributed by atoms with E-state index in [0.717, 1.165) is 5.56 Å². The SMILES string of the molecule is NC(=O)CCc1cc(Cl)cc(Cl)c1. The Labute approximate surface area is 86.6 Å². The average Bonchev–Trinajstić information content (AvgIpc) is 1.99. The van der Waals surface area contributed by atoms with Gasteiger partial charge in [-0.3, -0.25) is 4.79 Å². The molecule has 1 rings (SSSR count). The zero-order chi connectivity index (χ0) is 9.84. The van der Waals surface area contributed by atoms with E-state index in [9.17, 15) is 4.79 Å². The lowest BCUT2D eigenvalue weighted by atomic mass is 10.1. The Balaban J connectivity index is 2.71. The molecule has 0 aliphatic rings. The van der Waals surface area contributed by atoms with Crippen LogP contribution in [0.4, 0.5) is 0 Å². The molecule has 70 valence electrons. The van der Waals surface area contributed by atoms with Crippen LogP contribution >= 0.6 is 23.2 Å². The fourth-order valence-electron chi connectivity index (χ4n) is 1.02. The van der Waals surface area contributed by atoms with Gasteiger partial charge in [0.2, 0.25) is 5.91 Å². The molecule has 0 bridgehead atoms. The van der Waals surface area contributed by atoms with Crippen LogP contribution in [0.15, 0.2) is 18.2 Å². The third-order valence-electron chi connectivity index (χ3n) is 1.58. The number of amides is 1. The van der Waals surface area contributed by atoms with Crippen LogP contribution in [0, 0.1) is 0 Å². The quantitative estimate of drug-likeness (QED) is 0.831. The minimum Gasteiger partial charge on any atom is -0.370 e. The summed E-state index contributed by atoms with van der Waals surface area (Å²) in [6.45, 7) is 0. The molecule has 1 aromatic carbocycles. The first-order chi connectivity index (χ1) is 6.08. The van der Waals surface area contributed by atoms with Gasteiger partial charge < -0.3 is 5.73 Å². The number of halogens is 2. The van der Waals surface area contributed by atoms with E-state index >= 15 is 0 Å².